The van der Waals surface area contributed by atoms with Gasteiger partial charge in [0.1, 0.15) is 0 Å². The molecule has 0 unspecified atom stereocenters. The number of hydrogen-bond acceptors (Lipinski definition) is 5. The fourth-order valence-corrected chi connectivity index (χ4v) is 1.36. The Labute approximate surface area is 68.7 Å². The molecule has 0 saturated carbocycles. The average molecular weight is 174 g/mol. The number of anilines is 1. The topological polar surface area (TPSA) is 56.6 Å². The smallest absolute Gasteiger partial charge is 0.223 e. The minimum absolute atomic E-state index is 0.0368. The van der Waals surface area contributed by atoms with E-state index in [1.54, 1.807) is 10.3 Å². The molecule has 2 N–H and O–H groups in total. The molecule has 1 heterocycles. The van der Waals surface area contributed by atoms with Crippen LogP contribution in [0.5, 0.6) is 5.88 Å². The van der Waals surface area contributed by atoms with Gasteiger partial charge in [0, 0.05) is 13.6 Å². The Morgan fingerprint density at radius 2 is 2.45 bits per heavy atom. The monoisotopic (exact) mass is 174 g/mol. The molecule has 1 aromatic heterocycles. The van der Waals surface area contributed by atoms with Gasteiger partial charge in [0.15, 0.2) is 5.13 Å². The molecule has 0 atom stereocenters. The van der Waals surface area contributed by atoms with Crippen molar-refractivity contribution in [2.24, 2.45) is 0 Å². The standard InChI is InChI=1S/C6H10N2O2S/c1-8(2-3-9)6-7-5(10)4-11-6/h4,9-10H,2-3H2,1H3. The van der Waals surface area contributed by atoms with E-state index in [1.807, 2.05) is 7.05 Å². The zero-order valence-electron chi connectivity index (χ0n) is 6.19. The highest BCUT2D eigenvalue weighted by Gasteiger charge is 2.04. The van der Waals surface area contributed by atoms with Gasteiger partial charge < -0.3 is 15.1 Å². The van der Waals surface area contributed by atoms with Crippen LogP contribution in [0, 0.1) is 0 Å². The molecule has 1 rings (SSSR count). The highest BCUT2D eigenvalue weighted by atomic mass is 32.1. The molecule has 0 spiro atoms. The molecule has 0 saturated heterocycles. The largest absolute Gasteiger partial charge is 0.493 e. The van der Waals surface area contributed by atoms with E-state index in [9.17, 15) is 0 Å². The number of thiazole rings is 1. The summed E-state index contributed by atoms with van der Waals surface area (Å²) in [6, 6.07) is 0. The van der Waals surface area contributed by atoms with Crippen LogP contribution < -0.4 is 4.90 Å². The number of aliphatic hydroxyl groups excluding tert-OH is 1. The number of rotatable bonds is 3. The molecular weight excluding hydrogens is 164 g/mol. The summed E-state index contributed by atoms with van der Waals surface area (Å²) in [6.45, 7) is 0.629. The molecular formula is C6H10N2O2S. The summed E-state index contributed by atoms with van der Waals surface area (Å²) in [4.78, 5) is 5.60. The highest BCUT2D eigenvalue weighted by molar-refractivity contribution is 7.13. The van der Waals surface area contributed by atoms with E-state index in [2.05, 4.69) is 4.98 Å². The van der Waals surface area contributed by atoms with Crippen molar-refractivity contribution in [3.05, 3.63) is 5.38 Å². The molecule has 0 aromatic carbocycles. The van der Waals surface area contributed by atoms with Gasteiger partial charge in [0.25, 0.3) is 0 Å². The number of likely N-dealkylation sites (N-methyl/N-ethyl adjacent to an activating group) is 1. The third-order valence-corrected chi connectivity index (χ3v) is 2.18. The van der Waals surface area contributed by atoms with Crippen LogP contribution in [0.4, 0.5) is 5.13 Å². The lowest BCUT2D eigenvalue weighted by atomic mass is 10.6. The van der Waals surface area contributed by atoms with Crippen molar-refractivity contribution >= 4 is 16.5 Å². The van der Waals surface area contributed by atoms with Crippen LogP contribution in [0.2, 0.25) is 0 Å². The van der Waals surface area contributed by atoms with E-state index in [0.717, 1.165) is 5.13 Å². The van der Waals surface area contributed by atoms with E-state index < -0.39 is 0 Å². The SMILES string of the molecule is CN(CCO)c1nc(O)cs1. The summed E-state index contributed by atoms with van der Waals surface area (Å²) in [5, 5.41) is 19.7. The Morgan fingerprint density at radius 1 is 1.73 bits per heavy atom. The second kappa shape index (κ2) is 3.54. The van der Waals surface area contributed by atoms with Gasteiger partial charge >= 0.3 is 0 Å². The summed E-state index contributed by atoms with van der Waals surface area (Å²) < 4.78 is 0. The second-order valence-corrected chi connectivity index (χ2v) is 2.97. The second-order valence-electron chi connectivity index (χ2n) is 2.13. The molecule has 0 fully saturated rings. The number of nitrogens with zero attached hydrogens (tertiary/aromatic N) is 2. The maximum absolute atomic E-state index is 8.88. The van der Waals surface area contributed by atoms with Crippen LogP contribution in [-0.4, -0.2) is 35.4 Å². The minimum atomic E-state index is 0.0368. The first-order chi connectivity index (χ1) is 5.24. The van der Waals surface area contributed by atoms with Crippen molar-refractivity contribution in [3.63, 3.8) is 0 Å². The molecule has 5 heteroatoms. The first kappa shape index (κ1) is 8.29. The summed E-state index contributed by atoms with van der Waals surface area (Å²) in [5.41, 5.74) is 0. The lowest BCUT2D eigenvalue weighted by Gasteiger charge is -2.12. The van der Waals surface area contributed by atoms with Crippen molar-refractivity contribution in [3.8, 4) is 5.88 Å². The Hall–Kier alpha value is -0.810. The first-order valence-electron chi connectivity index (χ1n) is 3.20. The van der Waals surface area contributed by atoms with Crippen LogP contribution in [-0.2, 0) is 0 Å². The Morgan fingerprint density at radius 3 is 2.91 bits per heavy atom. The molecule has 4 nitrogen and oxygen atoms in total. The molecule has 0 aliphatic rings. The first-order valence-corrected chi connectivity index (χ1v) is 4.08. The normalized spacial score (nSPS) is 10.0. The van der Waals surface area contributed by atoms with Gasteiger partial charge in [-0.1, -0.05) is 0 Å². The molecule has 0 aliphatic heterocycles. The van der Waals surface area contributed by atoms with Gasteiger partial charge in [-0.15, -0.1) is 11.3 Å². The van der Waals surface area contributed by atoms with E-state index in [1.165, 1.54) is 11.3 Å². The van der Waals surface area contributed by atoms with Gasteiger partial charge in [-0.3, -0.25) is 0 Å². The van der Waals surface area contributed by atoms with Crippen molar-refractivity contribution in [1.29, 1.82) is 0 Å². The van der Waals surface area contributed by atoms with E-state index in [4.69, 9.17) is 10.2 Å². The summed E-state index contributed by atoms with van der Waals surface area (Å²) in [7, 11) is 1.81. The van der Waals surface area contributed by atoms with Gasteiger partial charge in [-0.25, -0.2) is 0 Å². The van der Waals surface area contributed by atoms with E-state index in [0.29, 0.717) is 6.54 Å². The fraction of sp³-hybridized carbons (Fsp3) is 0.500. The van der Waals surface area contributed by atoms with Crippen molar-refractivity contribution in [1.82, 2.24) is 4.98 Å². The number of hydrogen-bond donors (Lipinski definition) is 2. The Kier molecular flexibility index (Phi) is 2.67. The van der Waals surface area contributed by atoms with E-state index >= 15 is 0 Å². The molecule has 0 amide bonds. The van der Waals surface area contributed by atoms with Crippen molar-refractivity contribution in [2.75, 3.05) is 25.1 Å². The fourth-order valence-electron chi connectivity index (χ4n) is 0.677. The van der Waals surface area contributed by atoms with Crippen LogP contribution in [0.1, 0.15) is 0 Å². The third-order valence-electron chi connectivity index (χ3n) is 1.24. The molecule has 0 radical (unpaired) electrons. The van der Waals surface area contributed by atoms with Crippen LogP contribution >= 0.6 is 11.3 Å². The average Bonchev–Trinajstić information content (AvgIpc) is 2.36. The summed E-state index contributed by atoms with van der Waals surface area (Å²) in [5.74, 6) is 0.0368. The third kappa shape index (κ3) is 2.06. The molecule has 11 heavy (non-hydrogen) atoms. The minimum Gasteiger partial charge on any atom is -0.493 e. The van der Waals surface area contributed by atoms with Gasteiger partial charge in [0.2, 0.25) is 5.88 Å². The maximum Gasteiger partial charge on any atom is 0.223 e. The predicted octanol–water partition coefficient (Wildman–Crippen LogP) is 0.277. The van der Waals surface area contributed by atoms with Gasteiger partial charge in [-0.2, -0.15) is 4.98 Å². The summed E-state index contributed by atoms with van der Waals surface area (Å²) in [6.07, 6.45) is 0. The van der Waals surface area contributed by atoms with E-state index in [-0.39, 0.29) is 12.5 Å². The lowest BCUT2D eigenvalue weighted by molar-refractivity contribution is 0.304. The number of aromatic hydroxyl groups is 1. The quantitative estimate of drug-likeness (QED) is 0.691. The van der Waals surface area contributed by atoms with Crippen LogP contribution in [0.25, 0.3) is 0 Å². The van der Waals surface area contributed by atoms with Crippen LogP contribution in [0.15, 0.2) is 5.38 Å². The van der Waals surface area contributed by atoms with Gasteiger partial charge in [0.05, 0.1) is 12.0 Å². The molecule has 62 valence electrons. The zero-order valence-corrected chi connectivity index (χ0v) is 7.01. The summed E-state index contributed by atoms with van der Waals surface area (Å²) >= 11 is 1.35. The zero-order chi connectivity index (χ0) is 8.27. The number of aliphatic hydroxyl groups is 1. The van der Waals surface area contributed by atoms with Gasteiger partial charge in [-0.05, 0) is 0 Å². The number of aromatic nitrogens is 1. The lowest BCUT2D eigenvalue weighted by Crippen LogP contribution is -2.20. The molecule has 1 aromatic rings. The molecule has 0 bridgehead atoms. The van der Waals surface area contributed by atoms with Crippen molar-refractivity contribution < 1.29 is 10.2 Å². The highest BCUT2D eigenvalue weighted by Crippen LogP contribution is 2.22. The Balaban J connectivity index is 2.60. The maximum atomic E-state index is 8.88. The van der Waals surface area contributed by atoms with Crippen molar-refractivity contribution in [2.45, 2.75) is 0 Å². The Bertz CT molecular complexity index is 226. The predicted molar refractivity (Wildman–Crippen MR) is 44.1 cm³/mol. The van der Waals surface area contributed by atoms with Crippen LogP contribution in [0.3, 0.4) is 0 Å². The molecule has 0 aliphatic carbocycles.